The molecule has 6 N–H and O–H groups in total. The lowest BCUT2D eigenvalue weighted by Gasteiger charge is -2.33. The van der Waals surface area contributed by atoms with E-state index < -0.39 is 36.9 Å². The predicted octanol–water partition coefficient (Wildman–Crippen LogP) is 1.16. The number of halogens is 3. The standard InChI is InChI=1S/C23H28Cl2N2O6.ClH/c1-27-9-16(15-6-14(24)7-18(25)17(15)10-27)12-3-2-4-13(5-12)23(33)26-8-19(29)21(31)22(32)20(30)11-28;/h2-7,16,19-22,28-32H,8-11H2,1H3,(H,26,33);1H/t16?,19-,20+,21+,22+;/m0./s1. The van der Waals surface area contributed by atoms with Gasteiger partial charge in [-0.05, 0) is 48.0 Å². The van der Waals surface area contributed by atoms with Crippen LogP contribution in [0.15, 0.2) is 36.4 Å². The average Bonchev–Trinajstić information content (AvgIpc) is 2.80. The summed E-state index contributed by atoms with van der Waals surface area (Å²) in [5, 5.41) is 51.5. The minimum absolute atomic E-state index is 0. The van der Waals surface area contributed by atoms with Gasteiger partial charge in [0.1, 0.15) is 18.3 Å². The van der Waals surface area contributed by atoms with Gasteiger partial charge in [0.05, 0.1) is 12.7 Å². The minimum atomic E-state index is -1.76. The van der Waals surface area contributed by atoms with E-state index in [4.69, 9.17) is 28.3 Å². The number of nitrogens with zero attached hydrogens (tertiary/aromatic N) is 1. The normalized spacial score (nSPS) is 19.4. The first kappa shape index (κ1) is 28.8. The number of aliphatic hydroxyl groups is 5. The van der Waals surface area contributed by atoms with Gasteiger partial charge >= 0.3 is 0 Å². The summed E-state index contributed by atoms with van der Waals surface area (Å²) in [6.07, 6.45) is -6.66. The highest BCUT2D eigenvalue weighted by Gasteiger charge is 2.31. The second-order valence-electron chi connectivity index (χ2n) is 8.34. The molecule has 1 aliphatic rings. The van der Waals surface area contributed by atoms with E-state index >= 15 is 0 Å². The fourth-order valence-corrected chi connectivity index (χ4v) is 4.58. The quantitative estimate of drug-likeness (QED) is 0.299. The molecule has 0 fully saturated rings. The number of aliphatic hydroxyl groups excluding tert-OH is 5. The Morgan fingerprint density at radius 3 is 2.47 bits per heavy atom. The zero-order chi connectivity index (χ0) is 24.3. The summed E-state index contributed by atoms with van der Waals surface area (Å²) in [4.78, 5) is 14.8. The average molecular weight is 536 g/mol. The van der Waals surface area contributed by atoms with E-state index in [0.717, 1.165) is 16.7 Å². The summed E-state index contributed by atoms with van der Waals surface area (Å²) in [5.74, 6) is -0.529. The largest absolute Gasteiger partial charge is 0.394 e. The van der Waals surface area contributed by atoms with Crippen LogP contribution >= 0.6 is 35.6 Å². The van der Waals surface area contributed by atoms with Crippen LogP contribution in [0.4, 0.5) is 0 Å². The van der Waals surface area contributed by atoms with Crippen LogP contribution in [0, 0.1) is 0 Å². The van der Waals surface area contributed by atoms with Crippen molar-refractivity contribution >= 4 is 41.5 Å². The number of carbonyl (C=O) groups is 1. The lowest BCUT2D eigenvalue weighted by Crippen LogP contribution is -2.49. The van der Waals surface area contributed by atoms with Crippen LogP contribution in [-0.4, -0.2) is 87.5 Å². The van der Waals surface area contributed by atoms with Crippen molar-refractivity contribution < 1.29 is 30.3 Å². The second-order valence-corrected chi connectivity index (χ2v) is 9.18. The van der Waals surface area contributed by atoms with E-state index in [-0.39, 0.29) is 24.9 Å². The Morgan fingerprint density at radius 1 is 1.12 bits per heavy atom. The maximum atomic E-state index is 12.7. The lowest BCUT2D eigenvalue weighted by molar-refractivity contribution is -0.113. The van der Waals surface area contributed by atoms with Crippen LogP contribution in [0.3, 0.4) is 0 Å². The van der Waals surface area contributed by atoms with Gasteiger partial charge in [-0.1, -0.05) is 35.3 Å². The third-order valence-corrected chi connectivity index (χ3v) is 6.40. The highest BCUT2D eigenvalue weighted by Crippen LogP contribution is 2.38. The highest BCUT2D eigenvalue weighted by molar-refractivity contribution is 6.35. The Labute approximate surface area is 214 Å². The summed E-state index contributed by atoms with van der Waals surface area (Å²) < 4.78 is 0. The van der Waals surface area contributed by atoms with Gasteiger partial charge in [-0.25, -0.2) is 0 Å². The summed E-state index contributed by atoms with van der Waals surface area (Å²) >= 11 is 12.7. The molecular weight excluding hydrogens is 507 g/mol. The lowest BCUT2D eigenvalue weighted by atomic mass is 9.84. The fourth-order valence-electron chi connectivity index (χ4n) is 4.01. The first-order valence-corrected chi connectivity index (χ1v) is 11.3. The van der Waals surface area contributed by atoms with E-state index in [2.05, 4.69) is 10.2 Å². The number of fused-ring (bicyclic) bond motifs is 1. The summed E-state index contributed by atoms with van der Waals surface area (Å²) in [6, 6.07) is 10.7. The predicted molar refractivity (Wildman–Crippen MR) is 132 cm³/mol. The van der Waals surface area contributed by atoms with Crippen molar-refractivity contribution in [3.05, 3.63) is 68.7 Å². The van der Waals surface area contributed by atoms with Gasteiger partial charge in [0, 0.05) is 41.2 Å². The molecule has 1 amide bonds. The van der Waals surface area contributed by atoms with E-state index in [0.29, 0.717) is 28.7 Å². The molecule has 1 aliphatic heterocycles. The van der Waals surface area contributed by atoms with Crippen molar-refractivity contribution in [2.75, 3.05) is 26.7 Å². The van der Waals surface area contributed by atoms with Crippen molar-refractivity contribution in [1.29, 1.82) is 0 Å². The molecule has 0 radical (unpaired) electrons. The zero-order valence-corrected chi connectivity index (χ0v) is 20.8. The van der Waals surface area contributed by atoms with Crippen molar-refractivity contribution in [2.45, 2.75) is 36.9 Å². The molecule has 2 aromatic carbocycles. The van der Waals surface area contributed by atoms with Crippen LogP contribution < -0.4 is 5.32 Å². The molecule has 0 aromatic heterocycles. The van der Waals surface area contributed by atoms with Crippen LogP contribution in [-0.2, 0) is 6.54 Å². The molecular formula is C23H29Cl3N2O6. The molecule has 5 atom stereocenters. The van der Waals surface area contributed by atoms with Crippen LogP contribution in [0.2, 0.25) is 10.0 Å². The number of rotatable bonds is 8. The smallest absolute Gasteiger partial charge is 0.251 e. The third-order valence-electron chi connectivity index (χ3n) is 5.84. The Hall–Kier alpha value is -1.46. The Bertz CT molecular complexity index is 995. The van der Waals surface area contributed by atoms with Gasteiger partial charge in [0.25, 0.3) is 5.91 Å². The number of likely N-dealkylation sites (N-methyl/N-ethyl adjacent to an activating group) is 1. The number of hydrogen-bond acceptors (Lipinski definition) is 7. The molecule has 2 aromatic rings. The Kier molecular flexibility index (Phi) is 10.6. The van der Waals surface area contributed by atoms with Gasteiger partial charge in [-0.15, -0.1) is 12.4 Å². The number of hydrogen-bond donors (Lipinski definition) is 6. The molecule has 1 heterocycles. The van der Waals surface area contributed by atoms with E-state index in [1.54, 1.807) is 24.3 Å². The maximum absolute atomic E-state index is 12.7. The van der Waals surface area contributed by atoms with Gasteiger partial charge in [0.15, 0.2) is 0 Å². The number of nitrogens with one attached hydrogen (secondary N) is 1. The molecule has 11 heteroatoms. The Balaban J connectivity index is 0.00000408. The molecule has 0 saturated heterocycles. The minimum Gasteiger partial charge on any atom is -0.394 e. The zero-order valence-electron chi connectivity index (χ0n) is 18.4. The summed E-state index contributed by atoms with van der Waals surface area (Å²) in [5.41, 5.74) is 3.26. The van der Waals surface area contributed by atoms with Crippen LogP contribution in [0.5, 0.6) is 0 Å². The number of amides is 1. The van der Waals surface area contributed by atoms with Crippen molar-refractivity contribution in [1.82, 2.24) is 10.2 Å². The fraction of sp³-hybridized carbons (Fsp3) is 0.435. The molecule has 0 saturated carbocycles. The topological polar surface area (TPSA) is 133 Å². The molecule has 0 spiro atoms. The molecule has 0 aliphatic carbocycles. The highest BCUT2D eigenvalue weighted by atomic mass is 35.5. The first-order chi connectivity index (χ1) is 15.6. The molecule has 0 bridgehead atoms. The first-order valence-electron chi connectivity index (χ1n) is 10.5. The summed E-state index contributed by atoms with van der Waals surface area (Å²) in [7, 11) is 1.99. The van der Waals surface area contributed by atoms with Crippen molar-refractivity contribution in [3.63, 3.8) is 0 Å². The van der Waals surface area contributed by atoms with Crippen molar-refractivity contribution in [3.8, 4) is 0 Å². The molecule has 188 valence electrons. The van der Waals surface area contributed by atoms with E-state index in [1.165, 1.54) is 0 Å². The SMILES string of the molecule is CN1Cc2c(Cl)cc(Cl)cc2C(c2cccc(C(=O)NC[C@H](O)[C@@H](O)[C@H](O)[C@H](O)CO)c2)C1.Cl. The van der Waals surface area contributed by atoms with Gasteiger partial charge in [-0.2, -0.15) is 0 Å². The van der Waals surface area contributed by atoms with E-state index in [9.17, 15) is 25.2 Å². The van der Waals surface area contributed by atoms with Crippen LogP contribution in [0.25, 0.3) is 0 Å². The van der Waals surface area contributed by atoms with Gasteiger partial charge < -0.3 is 35.7 Å². The molecule has 8 nitrogen and oxygen atoms in total. The number of carbonyl (C=O) groups excluding carboxylic acids is 1. The van der Waals surface area contributed by atoms with Gasteiger partial charge in [-0.3, -0.25) is 4.79 Å². The van der Waals surface area contributed by atoms with Gasteiger partial charge in [0.2, 0.25) is 0 Å². The number of benzene rings is 2. The Morgan fingerprint density at radius 2 is 1.79 bits per heavy atom. The summed E-state index contributed by atoms with van der Waals surface area (Å²) in [6.45, 7) is 0.267. The molecule has 34 heavy (non-hydrogen) atoms. The van der Waals surface area contributed by atoms with Crippen LogP contribution in [0.1, 0.15) is 33.0 Å². The molecule has 3 rings (SSSR count). The molecule has 1 unspecified atom stereocenters. The van der Waals surface area contributed by atoms with E-state index in [1.807, 2.05) is 19.2 Å². The second kappa shape index (κ2) is 12.5. The monoisotopic (exact) mass is 534 g/mol. The third kappa shape index (κ3) is 6.60. The van der Waals surface area contributed by atoms with Crippen molar-refractivity contribution in [2.24, 2.45) is 0 Å². The maximum Gasteiger partial charge on any atom is 0.251 e.